The molecular formula is C19H17N3O. The third-order valence-electron chi connectivity index (χ3n) is 3.67. The number of aromatic nitrogens is 2. The molecular weight excluding hydrogens is 286 g/mol. The molecule has 0 atom stereocenters. The van der Waals surface area contributed by atoms with E-state index in [1.807, 2.05) is 36.4 Å². The van der Waals surface area contributed by atoms with Gasteiger partial charge in [0.2, 0.25) is 0 Å². The molecule has 0 fully saturated rings. The Morgan fingerprint density at radius 2 is 1.52 bits per heavy atom. The Bertz CT molecular complexity index is 706. The van der Waals surface area contributed by atoms with Crippen LogP contribution in [0.3, 0.4) is 0 Å². The Hall–Kier alpha value is -3.01. The molecule has 0 unspecified atom stereocenters. The van der Waals surface area contributed by atoms with Crippen molar-refractivity contribution in [2.45, 2.75) is 5.92 Å². The third kappa shape index (κ3) is 3.80. The standard InChI is InChI=1S/C19H17N3O/c23-19(18-14-20-11-12-21-18)22-13-17(15-7-3-1-4-8-15)16-9-5-2-6-10-16/h1-12,14,17H,13H2,(H,22,23). The van der Waals surface area contributed by atoms with E-state index in [0.717, 1.165) is 11.1 Å². The highest BCUT2D eigenvalue weighted by atomic mass is 16.1. The Kier molecular flexibility index (Phi) is 4.74. The topological polar surface area (TPSA) is 54.9 Å². The average molecular weight is 303 g/mol. The first-order valence-electron chi connectivity index (χ1n) is 7.48. The number of amides is 1. The van der Waals surface area contributed by atoms with Gasteiger partial charge in [-0.2, -0.15) is 0 Å². The smallest absolute Gasteiger partial charge is 0.271 e. The number of rotatable bonds is 5. The second-order valence-electron chi connectivity index (χ2n) is 5.17. The second kappa shape index (κ2) is 7.31. The van der Waals surface area contributed by atoms with Crippen LogP contribution in [0.2, 0.25) is 0 Å². The fourth-order valence-electron chi connectivity index (χ4n) is 2.50. The summed E-state index contributed by atoms with van der Waals surface area (Å²) in [5, 5.41) is 2.95. The van der Waals surface area contributed by atoms with Crippen LogP contribution in [0, 0.1) is 0 Å². The third-order valence-corrected chi connectivity index (χ3v) is 3.67. The summed E-state index contributed by atoms with van der Waals surface area (Å²) >= 11 is 0. The zero-order valence-electron chi connectivity index (χ0n) is 12.6. The molecule has 2 aromatic carbocycles. The molecule has 0 spiro atoms. The minimum absolute atomic E-state index is 0.0954. The highest BCUT2D eigenvalue weighted by Gasteiger charge is 2.16. The number of benzene rings is 2. The van der Waals surface area contributed by atoms with Crippen LogP contribution in [0.15, 0.2) is 79.3 Å². The van der Waals surface area contributed by atoms with Crippen molar-refractivity contribution < 1.29 is 4.79 Å². The van der Waals surface area contributed by atoms with E-state index >= 15 is 0 Å². The molecule has 4 heteroatoms. The van der Waals surface area contributed by atoms with E-state index in [2.05, 4.69) is 39.6 Å². The lowest BCUT2D eigenvalue weighted by Crippen LogP contribution is -2.29. The monoisotopic (exact) mass is 303 g/mol. The molecule has 0 radical (unpaired) electrons. The molecule has 0 aliphatic rings. The van der Waals surface area contributed by atoms with Gasteiger partial charge in [-0.3, -0.25) is 9.78 Å². The van der Waals surface area contributed by atoms with Crippen molar-refractivity contribution in [3.63, 3.8) is 0 Å². The van der Waals surface area contributed by atoms with Crippen LogP contribution in [-0.2, 0) is 0 Å². The van der Waals surface area contributed by atoms with Crippen molar-refractivity contribution in [1.82, 2.24) is 15.3 Å². The Balaban J connectivity index is 1.79. The van der Waals surface area contributed by atoms with Gasteiger partial charge in [0.15, 0.2) is 0 Å². The zero-order valence-corrected chi connectivity index (χ0v) is 12.6. The maximum Gasteiger partial charge on any atom is 0.271 e. The summed E-state index contributed by atoms with van der Waals surface area (Å²) in [7, 11) is 0. The number of hydrogen-bond acceptors (Lipinski definition) is 3. The molecule has 114 valence electrons. The molecule has 4 nitrogen and oxygen atoms in total. The number of nitrogens with one attached hydrogen (secondary N) is 1. The van der Waals surface area contributed by atoms with Gasteiger partial charge in [-0.05, 0) is 11.1 Å². The number of hydrogen-bond donors (Lipinski definition) is 1. The van der Waals surface area contributed by atoms with Crippen molar-refractivity contribution in [3.05, 3.63) is 96.1 Å². The number of carbonyl (C=O) groups excluding carboxylic acids is 1. The Morgan fingerprint density at radius 3 is 2.04 bits per heavy atom. The normalized spacial score (nSPS) is 10.5. The summed E-state index contributed by atoms with van der Waals surface area (Å²) < 4.78 is 0. The first-order chi connectivity index (χ1) is 11.3. The van der Waals surface area contributed by atoms with E-state index in [4.69, 9.17) is 0 Å². The van der Waals surface area contributed by atoms with Crippen LogP contribution in [0.25, 0.3) is 0 Å². The lowest BCUT2D eigenvalue weighted by molar-refractivity contribution is 0.0947. The largest absolute Gasteiger partial charge is 0.350 e. The zero-order chi connectivity index (χ0) is 15.9. The van der Waals surface area contributed by atoms with E-state index < -0.39 is 0 Å². The molecule has 0 saturated carbocycles. The molecule has 3 rings (SSSR count). The summed E-state index contributed by atoms with van der Waals surface area (Å²) in [6.45, 7) is 0.503. The highest BCUT2D eigenvalue weighted by Crippen LogP contribution is 2.23. The Labute approximate surface area is 135 Å². The molecule has 1 aromatic heterocycles. The lowest BCUT2D eigenvalue weighted by atomic mass is 9.91. The van der Waals surface area contributed by atoms with Crippen molar-refractivity contribution in [1.29, 1.82) is 0 Å². The summed E-state index contributed by atoms with van der Waals surface area (Å²) in [5.74, 6) is -0.118. The van der Waals surface area contributed by atoms with Crippen LogP contribution in [0.5, 0.6) is 0 Å². The molecule has 1 amide bonds. The van der Waals surface area contributed by atoms with Crippen LogP contribution in [-0.4, -0.2) is 22.4 Å². The molecule has 0 aliphatic heterocycles. The van der Waals surface area contributed by atoms with Crippen LogP contribution >= 0.6 is 0 Å². The van der Waals surface area contributed by atoms with Gasteiger partial charge in [0.05, 0.1) is 6.20 Å². The molecule has 23 heavy (non-hydrogen) atoms. The summed E-state index contributed by atoms with van der Waals surface area (Å²) in [4.78, 5) is 20.2. The van der Waals surface area contributed by atoms with Crippen molar-refractivity contribution >= 4 is 5.91 Å². The van der Waals surface area contributed by atoms with E-state index in [0.29, 0.717) is 12.2 Å². The van der Waals surface area contributed by atoms with Crippen molar-refractivity contribution in [2.24, 2.45) is 0 Å². The van der Waals surface area contributed by atoms with E-state index in [1.165, 1.54) is 12.4 Å². The quantitative estimate of drug-likeness (QED) is 0.788. The molecule has 1 heterocycles. The number of nitrogens with zero attached hydrogens (tertiary/aromatic N) is 2. The van der Waals surface area contributed by atoms with Crippen molar-refractivity contribution in [2.75, 3.05) is 6.54 Å². The Morgan fingerprint density at radius 1 is 0.913 bits per heavy atom. The first kappa shape index (κ1) is 14.9. The fraction of sp³-hybridized carbons (Fsp3) is 0.105. The van der Waals surface area contributed by atoms with Gasteiger partial charge in [-0.25, -0.2) is 4.98 Å². The molecule has 0 bridgehead atoms. The van der Waals surface area contributed by atoms with Gasteiger partial charge in [0.25, 0.3) is 5.91 Å². The van der Waals surface area contributed by atoms with E-state index in [-0.39, 0.29) is 11.8 Å². The van der Waals surface area contributed by atoms with Gasteiger partial charge in [0.1, 0.15) is 5.69 Å². The second-order valence-corrected chi connectivity index (χ2v) is 5.17. The minimum atomic E-state index is -0.213. The first-order valence-corrected chi connectivity index (χ1v) is 7.48. The van der Waals surface area contributed by atoms with Crippen LogP contribution in [0.4, 0.5) is 0 Å². The predicted molar refractivity (Wildman–Crippen MR) is 89.1 cm³/mol. The highest BCUT2D eigenvalue weighted by molar-refractivity contribution is 5.91. The van der Waals surface area contributed by atoms with Gasteiger partial charge in [-0.1, -0.05) is 60.7 Å². The lowest BCUT2D eigenvalue weighted by Gasteiger charge is -2.18. The molecule has 0 aliphatic carbocycles. The minimum Gasteiger partial charge on any atom is -0.350 e. The number of carbonyl (C=O) groups is 1. The molecule has 3 aromatic rings. The van der Waals surface area contributed by atoms with Crippen molar-refractivity contribution in [3.8, 4) is 0 Å². The average Bonchev–Trinajstić information content (AvgIpc) is 2.64. The summed E-state index contributed by atoms with van der Waals surface area (Å²) in [5.41, 5.74) is 2.66. The van der Waals surface area contributed by atoms with Crippen LogP contribution in [0.1, 0.15) is 27.5 Å². The summed E-state index contributed by atoms with van der Waals surface area (Å²) in [6.07, 6.45) is 4.53. The SMILES string of the molecule is O=C(NCC(c1ccccc1)c1ccccc1)c1cnccn1. The summed E-state index contributed by atoms with van der Waals surface area (Å²) in [6, 6.07) is 20.3. The van der Waals surface area contributed by atoms with Crippen LogP contribution < -0.4 is 5.32 Å². The fourth-order valence-corrected chi connectivity index (χ4v) is 2.50. The van der Waals surface area contributed by atoms with Gasteiger partial charge in [0, 0.05) is 24.9 Å². The molecule has 1 N–H and O–H groups in total. The van der Waals surface area contributed by atoms with E-state index in [9.17, 15) is 4.79 Å². The van der Waals surface area contributed by atoms with Gasteiger partial charge >= 0.3 is 0 Å². The predicted octanol–water partition coefficient (Wildman–Crippen LogP) is 3.04. The van der Waals surface area contributed by atoms with E-state index in [1.54, 1.807) is 6.20 Å². The van der Waals surface area contributed by atoms with Gasteiger partial charge in [-0.15, -0.1) is 0 Å². The van der Waals surface area contributed by atoms with Gasteiger partial charge < -0.3 is 5.32 Å². The maximum atomic E-state index is 12.2. The molecule has 0 saturated heterocycles. The maximum absolute atomic E-state index is 12.2.